The molecule has 0 unspecified atom stereocenters. The zero-order chi connectivity index (χ0) is 13.8. The van der Waals surface area contributed by atoms with Crippen molar-refractivity contribution < 1.29 is 8.42 Å². The van der Waals surface area contributed by atoms with E-state index in [0.29, 0.717) is 21.7 Å². The fraction of sp³-hybridized carbons (Fsp3) is 0.455. The van der Waals surface area contributed by atoms with Crippen LogP contribution in [0.2, 0.25) is 5.02 Å². The molecule has 1 aromatic rings. The predicted octanol–water partition coefficient (Wildman–Crippen LogP) is 2.84. The van der Waals surface area contributed by atoms with Crippen LogP contribution in [0.15, 0.2) is 22.7 Å². The lowest BCUT2D eigenvalue weighted by atomic mass is 10.3. The van der Waals surface area contributed by atoms with Gasteiger partial charge in [-0.05, 0) is 34.1 Å². The van der Waals surface area contributed by atoms with Gasteiger partial charge in [0, 0.05) is 22.7 Å². The van der Waals surface area contributed by atoms with Gasteiger partial charge in [0.1, 0.15) is 0 Å². The molecule has 1 aromatic carbocycles. The van der Waals surface area contributed by atoms with Gasteiger partial charge in [-0.3, -0.25) is 4.72 Å². The molecule has 1 rings (SSSR count). The number of rotatable bonds is 6. The number of benzene rings is 1. The smallest absolute Gasteiger partial charge is 0.233 e. The Morgan fingerprint density at radius 3 is 2.61 bits per heavy atom. The molecule has 0 heterocycles. The molecule has 2 N–H and O–H groups in total. The van der Waals surface area contributed by atoms with Gasteiger partial charge < -0.3 is 5.32 Å². The van der Waals surface area contributed by atoms with Crippen LogP contribution >= 0.6 is 27.5 Å². The van der Waals surface area contributed by atoms with Gasteiger partial charge in [0.15, 0.2) is 0 Å². The molecule has 0 saturated carbocycles. The normalized spacial score (nSPS) is 11.8. The molecule has 0 saturated heterocycles. The van der Waals surface area contributed by atoms with Crippen LogP contribution in [-0.4, -0.2) is 26.8 Å². The highest BCUT2D eigenvalue weighted by Crippen LogP contribution is 2.25. The molecular formula is C11H16BrClN2O2S. The summed E-state index contributed by atoms with van der Waals surface area (Å²) in [6.07, 6.45) is 0. The molecule has 0 bridgehead atoms. The zero-order valence-electron chi connectivity index (χ0n) is 10.2. The summed E-state index contributed by atoms with van der Waals surface area (Å²) >= 11 is 9.08. The van der Waals surface area contributed by atoms with Crippen LogP contribution in [0.4, 0.5) is 5.69 Å². The lowest BCUT2D eigenvalue weighted by Crippen LogP contribution is -2.30. The van der Waals surface area contributed by atoms with Crippen molar-refractivity contribution in [3.63, 3.8) is 0 Å². The number of halogens is 2. The standard InChI is InChI=1S/C11H16BrClN2O2S/c1-8(2)14-5-6-18(16,17)15-9-3-4-11(13)10(12)7-9/h3-4,7-8,14-15H,5-6H2,1-2H3. The minimum Gasteiger partial charge on any atom is -0.313 e. The van der Waals surface area contributed by atoms with Crippen molar-refractivity contribution in [2.45, 2.75) is 19.9 Å². The maximum atomic E-state index is 11.8. The van der Waals surface area contributed by atoms with Crippen molar-refractivity contribution in [1.82, 2.24) is 5.32 Å². The second-order valence-corrected chi connectivity index (χ2v) is 7.26. The second-order valence-electron chi connectivity index (χ2n) is 4.16. The van der Waals surface area contributed by atoms with Crippen LogP contribution in [0, 0.1) is 0 Å². The molecule has 0 spiro atoms. The van der Waals surface area contributed by atoms with E-state index in [1.807, 2.05) is 13.8 Å². The van der Waals surface area contributed by atoms with Crippen LogP contribution in [0.5, 0.6) is 0 Å². The van der Waals surface area contributed by atoms with Crippen molar-refractivity contribution in [2.75, 3.05) is 17.0 Å². The minimum atomic E-state index is -3.34. The zero-order valence-corrected chi connectivity index (χ0v) is 13.4. The van der Waals surface area contributed by atoms with Gasteiger partial charge >= 0.3 is 0 Å². The van der Waals surface area contributed by atoms with E-state index in [0.717, 1.165) is 0 Å². The summed E-state index contributed by atoms with van der Waals surface area (Å²) in [6.45, 7) is 4.36. The maximum absolute atomic E-state index is 11.8. The highest BCUT2D eigenvalue weighted by atomic mass is 79.9. The second kappa shape index (κ2) is 6.75. The van der Waals surface area contributed by atoms with E-state index in [-0.39, 0.29) is 11.8 Å². The number of hydrogen-bond acceptors (Lipinski definition) is 3. The Bertz CT molecular complexity index is 506. The van der Waals surface area contributed by atoms with E-state index in [1.165, 1.54) is 0 Å². The average molecular weight is 356 g/mol. The van der Waals surface area contributed by atoms with Gasteiger partial charge in [-0.15, -0.1) is 0 Å². The summed E-state index contributed by atoms with van der Waals surface area (Å²) in [6, 6.07) is 5.16. The molecule has 0 aromatic heterocycles. The van der Waals surface area contributed by atoms with Crippen LogP contribution < -0.4 is 10.0 Å². The molecule has 0 aliphatic heterocycles. The topological polar surface area (TPSA) is 58.2 Å². The van der Waals surface area contributed by atoms with Crippen molar-refractivity contribution in [1.29, 1.82) is 0 Å². The first-order valence-corrected chi connectivity index (χ1v) is 8.31. The van der Waals surface area contributed by atoms with Gasteiger partial charge in [0.05, 0.1) is 10.8 Å². The third kappa shape index (κ3) is 5.56. The van der Waals surface area contributed by atoms with Gasteiger partial charge in [-0.2, -0.15) is 0 Å². The monoisotopic (exact) mass is 354 g/mol. The highest BCUT2D eigenvalue weighted by molar-refractivity contribution is 9.10. The molecule has 0 aliphatic carbocycles. The molecule has 0 aliphatic rings. The molecule has 7 heteroatoms. The number of hydrogen-bond donors (Lipinski definition) is 2. The molecule has 4 nitrogen and oxygen atoms in total. The van der Waals surface area contributed by atoms with Crippen molar-refractivity contribution in [3.05, 3.63) is 27.7 Å². The quantitative estimate of drug-likeness (QED) is 0.825. The molecule has 18 heavy (non-hydrogen) atoms. The predicted molar refractivity (Wildman–Crippen MR) is 79.7 cm³/mol. The van der Waals surface area contributed by atoms with Crippen LogP contribution in [0.3, 0.4) is 0 Å². The number of nitrogens with one attached hydrogen (secondary N) is 2. The van der Waals surface area contributed by atoms with Crippen LogP contribution in [0.25, 0.3) is 0 Å². The van der Waals surface area contributed by atoms with Gasteiger partial charge in [-0.25, -0.2) is 8.42 Å². The largest absolute Gasteiger partial charge is 0.313 e. The Hall–Kier alpha value is -0.300. The van der Waals surface area contributed by atoms with E-state index in [4.69, 9.17) is 11.6 Å². The summed E-state index contributed by atoms with van der Waals surface area (Å²) < 4.78 is 26.7. The summed E-state index contributed by atoms with van der Waals surface area (Å²) in [5.74, 6) is 0.0332. The first kappa shape index (κ1) is 15.8. The fourth-order valence-corrected chi connectivity index (χ4v) is 2.74. The van der Waals surface area contributed by atoms with E-state index >= 15 is 0 Å². The average Bonchev–Trinajstić information content (AvgIpc) is 2.22. The van der Waals surface area contributed by atoms with E-state index in [2.05, 4.69) is 26.0 Å². The molecule has 0 amide bonds. The number of anilines is 1. The molecule has 0 atom stereocenters. The summed E-state index contributed by atoms with van der Waals surface area (Å²) in [7, 11) is -3.34. The minimum absolute atomic E-state index is 0.0332. The first-order valence-electron chi connectivity index (χ1n) is 5.49. The Labute approximate surface area is 121 Å². The molecular weight excluding hydrogens is 340 g/mol. The van der Waals surface area contributed by atoms with Gasteiger partial charge in [-0.1, -0.05) is 25.4 Å². The van der Waals surface area contributed by atoms with E-state index in [1.54, 1.807) is 18.2 Å². The molecule has 0 fully saturated rings. The van der Waals surface area contributed by atoms with Crippen molar-refractivity contribution in [2.24, 2.45) is 0 Å². The Balaban J connectivity index is 2.62. The molecule has 0 radical (unpaired) electrons. The summed E-state index contributed by atoms with van der Waals surface area (Å²) in [4.78, 5) is 0. The summed E-state index contributed by atoms with van der Waals surface area (Å²) in [5.41, 5.74) is 0.496. The highest BCUT2D eigenvalue weighted by Gasteiger charge is 2.11. The van der Waals surface area contributed by atoms with Crippen LogP contribution in [0.1, 0.15) is 13.8 Å². The van der Waals surface area contributed by atoms with Crippen molar-refractivity contribution >= 4 is 43.2 Å². The Kier molecular flexibility index (Phi) is 5.91. The third-order valence-corrected chi connectivity index (χ3v) is 4.62. The lowest BCUT2D eigenvalue weighted by Gasteiger charge is -2.11. The van der Waals surface area contributed by atoms with Gasteiger partial charge in [0.25, 0.3) is 0 Å². The summed E-state index contributed by atoms with van der Waals surface area (Å²) in [5, 5.41) is 3.60. The van der Waals surface area contributed by atoms with E-state index in [9.17, 15) is 8.42 Å². The lowest BCUT2D eigenvalue weighted by molar-refractivity contribution is 0.582. The Morgan fingerprint density at radius 2 is 2.06 bits per heavy atom. The fourth-order valence-electron chi connectivity index (χ4n) is 1.27. The Morgan fingerprint density at radius 1 is 1.39 bits per heavy atom. The number of sulfonamides is 1. The SMILES string of the molecule is CC(C)NCCS(=O)(=O)Nc1ccc(Cl)c(Br)c1. The maximum Gasteiger partial charge on any atom is 0.233 e. The van der Waals surface area contributed by atoms with Crippen LogP contribution in [-0.2, 0) is 10.0 Å². The van der Waals surface area contributed by atoms with E-state index < -0.39 is 10.0 Å². The van der Waals surface area contributed by atoms with Gasteiger partial charge in [0.2, 0.25) is 10.0 Å². The third-order valence-electron chi connectivity index (χ3n) is 2.12. The molecule has 102 valence electrons. The first-order chi connectivity index (χ1) is 8.30. The van der Waals surface area contributed by atoms with Crippen molar-refractivity contribution in [3.8, 4) is 0 Å².